The Hall–Kier alpha value is -3.23. The maximum absolute atomic E-state index is 12.9. The maximum atomic E-state index is 12.9. The molecule has 0 aliphatic carbocycles. The highest BCUT2D eigenvalue weighted by atomic mass is 16.6. The van der Waals surface area contributed by atoms with Gasteiger partial charge >= 0.3 is 5.69 Å². The zero-order valence-corrected chi connectivity index (χ0v) is 14.0. The van der Waals surface area contributed by atoms with Crippen molar-refractivity contribution in [1.82, 2.24) is 10.2 Å². The third kappa shape index (κ3) is 4.00. The highest BCUT2D eigenvalue weighted by Gasteiger charge is 2.32. The molecule has 0 bridgehead atoms. The van der Waals surface area contributed by atoms with Gasteiger partial charge in [0.1, 0.15) is 5.69 Å². The number of aromatic nitrogens is 2. The first kappa shape index (κ1) is 18.1. The molecule has 1 aromatic heterocycles. The van der Waals surface area contributed by atoms with Crippen molar-refractivity contribution in [3.63, 3.8) is 0 Å². The molecule has 25 heavy (non-hydrogen) atoms. The quantitative estimate of drug-likeness (QED) is 0.581. The molecule has 0 saturated carbocycles. The monoisotopic (exact) mass is 345 g/mol. The first-order valence-electron chi connectivity index (χ1n) is 7.73. The van der Waals surface area contributed by atoms with E-state index in [2.05, 4.69) is 10.2 Å². The number of anilines is 1. The summed E-state index contributed by atoms with van der Waals surface area (Å²) in [5.74, 6) is -1.23. The number of carbonyl (C=O) groups excluding carboxylic acids is 2. The first-order valence-corrected chi connectivity index (χ1v) is 7.73. The number of amides is 2. The number of nitrogens with two attached hydrogens (primary N) is 1. The van der Waals surface area contributed by atoms with Gasteiger partial charge < -0.3 is 10.6 Å². The standard InChI is InChI=1S/C16H19N5O4/c1-3-12-15(21(24)25)14(19-18-12)16(23)20(8-7-13(17)22)11-6-4-5-10(2)9-11/h4-6,9H,3,7-8H2,1-2H3,(H2,17,22)(H,18,19). The lowest BCUT2D eigenvalue weighted by Crippen LogP contribution is -2.34. The van der Waals surface area contributed by atoms with Crippen molar-refractivity contribution in [1.29, 1.82) is 0 Å². The zero-order valence-electron chi connectivity index (χ0n) is 14.0. The summed E-state index contributed by atoms with van der Waals surface area (Å²) in [4.78, 5) is 36.0. The first-order chi connectivity index (χ1) is 11.8. The molecule has 0 fully saturated rings. The lowest BCUT2D eigenvalue weighted by atomic mass is 10.1. The summed E-state index contributed by atoms with van der Waals surface area (Å²) in [5.41, 5.74) is 6.25. The zero-order chi connectivity index (χ0) is 18.6. The topological polar surface area (TPSA) is 135 Å². The van der Waals surface area contributed by atoms with Crippen LogP contribution in [0, 0.1) is 17.0 Å². The fourth-order valence-electron chi connectivity index (χ4n) is 2.46. The molecule has 0 unspecified atom stereocenters. The number of hydrogen-bond donors (Lipinski definition) is 2. The van der Waals surface area contributed by atoms with Gasteiger partial charge in [0.05, 0.1) is 4.92 Å². The van der Waals surface area contributed by atoms with Crippen molar-refractivity contribution in [2.45, 2.75) is 26.7 Å². The minimum atomic E-state index is -0.658. The maximum Gasteiger partial charge on any atom is 0.322 e. The largest absolute Gasteiger partial charge is 0.370 e. The van der Waals surface area contributed by atoms with Crippen molar-refractivity contribution in [2.75, 3.05) is 11.4 Å². The number of H-pyrrole nitrogens is 1. The van der Waals surface area contributed by atoms with E-state index in [1.54, 1.807) is 25.1 Å². The van der Waals surface area contributed by atoms with E-state index in [0.29, 0.717) is 12.1 Å². The number of nitrogens with one attached hydrogen (secondary N) is 1. The summed E-state index contributed by atoms with van der Waals surface area (Å²) in [6.45, 7) is 3.58. The second kappa shape index (κ2) is 7.56. The summed E-state index contributed by atoms with van der Waals surface area (Å²) < 4.78 is 0. The molecular weight excluding hydrogens is 326 g/mol. The van der Waals surface area contributed by atoms with Crippen LogP contribution in [-0.4, -0.2) is 33.5 Å². The molecule has 9 nitrogen and oxygen atoms in total. The minimum Gasteiger partial charge on any atom is -0.370 e. The summed E-state index contributed by atoms with van der Waals surface area (Å²) in [6, 6.07) is 7.04. The van der Waals surface area contributed by atoms with E-state index < -0.39 is 16.7 Å². The normalized spacial score (nSPS) is 10.5. The van der Waals surface area contributed by atoms with Gasteiger partial charge in [-0.05, 0) is 31.0 Å². The second-order valence-electron chi connectivity index (χ2n) is 5.52. The molecule has 1 heterocycles. The summed E-state index contributed by atoms with van der Waals surface area (Å²) in [6.07, 6.45) is 0.265. The third-order valence-electron chi connectivity index (χ3n) is 3.69. The number of carbonyl (C=O) groups is 2. The number of rotatable bonds is 7. The number of hydrogen-bond acceptors (Lipinski definition) is 5. The molecule has 0 aliphatic heterocycles. The predicted octanol–water partition coefficient (Wildman–Crippen LogP) is 1.71. The third-order valence-corrected chi connectivity index (χ3v) is 3.69. The van der Waals surface area contributed by atoms with E-state index in [4.69, 9.17) is 5.73 Å². The van der Waals surface area contributed by atoms with Crippen LogP contribution in [-0.2, 0) is 11.2 Å². The number of nitrogens with zero attached hydrogens (tertiary/aromatic N) is 3. The number of benzene rings is 1. The van der Waals surface area contributed by atoms with Gasteiger partial charge in [-0.3, -0.25) is 24.8 Å². The molecule has 0 radical (unpaired) electrons. The molecule has 0 atom stereocenters. The van der Waals surface area contributed by atoms with Crippen LogP contribution in [0.5, 0.6) is 0 Å². The van der Waals surface area contributed by atoms with Gasteiger partial charge in [0.15, 0.2) is 0 Å². The molecule has 0 aliphatic rings. The summed E-state index contributed by atoms with van der Waals surface area (Å²) >= 11 is 0. The van der Waals surface area contributed by atoms with Gasteiger partial charge in [-0.25, -0.2) is 0 Å². The van der Waals surface area contributed by atoms with Crippen LogP contribution in [0.15, 0.2) is 24.3 Å². The Kier molecular flexibility index (Phi) is 5.48. The Labute approximate surface area is 144 Å². The van der Waals surface area contributed by atoms with Gasteiger partial charge in [0.2, 0.25) is 11.6 Å². The van der Waals surface area contributed by atoms with Crippen LogP contribution >= 0.6 is 0 Å². The van der Waals surface area contributed by atoms with E-state index >= 15 is 0 Å². The summed E-state index contributed by atoms with van der Waals surface area (Å²) in [5, 5.41) is 17.7. The fourth-order valence-corrected chi connectivity index (χ4v) is 2.46. The van der Waals surface area contributed by atoms with Gasteiger partial charge in [0, 0.05) is 18.7 Å². The number of primary amides is 1. The van der Waals surface area contributed by atoms with Gasteiger partial charge in [-0.2, -0.15) is 5.10 Å². The number of aromatic amines is 1. The number of nitro groups is 1. The second-order valence-corrected chi connectivity index (χ2v) is 5.52. The molecule has 2 amide bonds. The average Bonchev–Trinajstić information content (AvgIpc) is 2.99. The molecule has 9 heteroatoms. The Morgan fingerprint density at radius 3 is 2.68 bits per heavy atom. The van der Waals surface area contributed by atoms with Crippen molar-refractivity contribution in [3.8, 4) is 0 Å². The predicted molar refractivity (Wildman–Crippen MR) is 91.3 cm³/mol. The Bertz CT molecular complexity index is 815. The molecule has 132 valence electrons. The van der Waals surface area contributed by atoms with E-state index in [1.807, 2.05) is 13.0 Å². The van der Waals surface area contributed by atoms with Gasteiger partial charge in [-0.1, -0.05) is 19.1 Å². The highest BCUT2D eigenvalue weighted by Crippen LogP contribution is 2.26. The van der Waals surface area contributed by atoms with Crippen molar-refractivity contribution in [2.24, 2.45) is 5.73 Å². The molecule has 3 N–H and O–H groups in total. The molecule has 2 aromatic rings. The number of aryl methyl sites for hydroxylation is 2. The van der Waals surface area contributed by atoms with Crippen molar-refractivity contribution in [3.05, 3.63) is 51.3 Å². The van der Waals surface area contributed by atoms with Crippen LogP contribution < -0.4 is 10.6 Å². The van der Waals surface area contributed by atoms with E-state index in [9.17, 15) is 19.7 Å². The fraction of sp³-hybridized carbons (Fsp3) is 0.312. The van der Waals surface area contributed by atoms with Crippen molar-refractivity contribution >= 4 is 23.2 Å². The lowest BCUT2D eigenvalue weighted by Gasteiger charge is -2.21. The Morgan fingerprint density at radius 2 is 2.12 bits per heavy atom. The molecular formula is C16H19N5O4. The van der Waals surface area contributed by atoms with Crippen LogP contribution in [0.4, 0.5) is 11.4 Å². The molecule has 1 aromatic carbocycles. The van der Waals surface area contributed by atoms with Crippen molar-refractivity contribution < 1.29 is 14.5 Å². The van der Waals surface area contributed by atoms with Crippen LogP contribution in [0.1, 0.15) is 35.1 Å². The molecule has 2 rings (SSSR count). The molecule has 0 spiro atoms. The highest BCUT2D eigenvalue weighted by molar-refractivity contribution is 6.07. The van der Waals surface area contributed by atoms with Crippen LogP contribution in [0.25, 0.3) is 0 Å². The van der Waals surface area contributed by atoms with Crippen LogP contribution in [0.2, 0.25) is 0 Å². The van der Waals surface area contributed by atoms with Gasteiger partial charge in [0.25, 0.3) is 5.91 Å². The summed E-state index contributed by atoms with van der Waals surface area (Å²) in [7, 11) is 0. The van der Waals surface area contributed by atoms with Gasteiger partial charge in [-0.15, -0.1) is 0 Å². The Morgan fingerprint density at radius 1 is 1.40 bits per heavy atom. The molecule has 0 saturated heterocycles. The van der Waals surface area contributed by atoms with Crippen LogP contribution in [0.3, 0.4) is 0 Å². The average molecular weight is 345 g/mol. The van der Waals surface area contributed by atoms with E-state index in [0.717, 1.165) is 5.56 Å². The Balaban J connectivity index is 2.47. The smallest absolute Gasteiger partial charge is 0.322 e. The van der Waals surface area contributed by atoms with E-state index in [1.165, 1.54) is 4.90 Å². The van der Waals surface area contributed by atoms with E-state index in [-0.39, 0.29) is 30.0 Å². The SMILES string of the molecule is CCc1[nH]nc(C(=O)N(CCC(N)=O)c2cccc(C)c2)c1[N+](=O)[O-]. The lowest BCUT2D eigenvalue weighted by molar-refractivity contribution is -0.385. The minimum absolute atomic E-state index is 0.00307.